The molecule has 1 aromatic rings. The third-order valence-corrected chi connectivity index (χ3v) is 8.04. The molecule has 0 aliphatic rings. The number of carboxylic acids is 4. The second-order valence-electron chi connectivity index (χ2n) is 12.6. The molecule has 20 nitrogen and oxygen atoms in total. The van der Waals surface area contributed by atoms with Crippen LogP contribution in [0.15, 0.2) is 6.20 Å². The lowest BCUT2D eigenvalue weighted by Crippen LogP contribution is -2.51. The van der Waals surface area contributed by atoms with Crippen molar-refractivity contribution in [3.05, 3.63) is 11.9 Å². The number of aryl methyl sites for hydroxylation is 2. The molecule has 0 saturated carbocycles. The number of alkyl halides is 1. The molecule has 0 spiro atoms. The van der Waals surface area contributed by atoms with Crippen LogP contribution in [0.2, 0.25) is 0 Å². The number of nitrogens with one attached hydrogen (secondary N) is 5. The zero-order valence-electron chi connectivity index (χ0n) is 30.2. The molecule has 5 amide bonds. The Morgan fingerprint density at radius 2 is 1.11 bits per heavy atom. The molecule has 0 bridgehead atoms. The first-order valence-corrected chi connectivity index (χ1v) is 18.0. The number of nitrogens with zero attached hydrogens (tertiary/aromatic N) is 3. The average Bonchev–Trinajstić information content (AvgIpc) is 3.56. The van der Waals surface area contributed by atoms with Gasteiger partial charge in [0.15, 0.2) is 0 Å². The standard InChI is InChI=1S/C33H53FN8O12/c34-17-20-42-21-22(40-41-42)13-15-27(44)36-19-7-5-9-23(30(48)49)37-28(45)12-4-2-1-3-11-26(43)35-18-8-6-10-24(31(50)51)38-33(54)39-25(32(52)53)14-16-29(46)47/h21,23-25H,1-20H2,(H,35,43)(H,36,44)(H,37,45)(H,46,47)(H,48,49)(H,50,51)(H,52,53)(H2,38,39,54)/t23?,24-,25-/m0/s1. The molecule has 1 aromatic heterocycles. The SMILES string of the molecule is O=C(O)CC[C@H](NC(=O)N[C@@H](CCCCNC(=O)CCCCCCC(=O)NC(CCCCNC(=O)CCc1cn(CCF)nn1)C(=O)O)C(=O)O)C(=O)O. The van der Waals surface area contributed by atoms with Gasteiger partial charge in [0, 0.05) is 51.4 Å². The second kappa shape index (κ2) is 27.3. The first-order valence-electron chi connectivity index (χ1n) is 18.0. The number of hydrogen-bond donors (Lipinski definition) is 9. The van der Waals surface area contributed by atoms with Gasteiger partial charge in [0.2, 0.25) is 17.7 Å². The van der Waals surface area contributed by atoms with Crippen molar-refractivity contribution < 1.29 is 63.2 Å². The number of aliphatic carboxylic acids is 4. The van der Waals surface area contributed by atoms with E-state index < -0.39 is 67.0 Å². The molecule has 9 N–H and O–H groups in total. The Morgan fingerprint density at radius 3 is 1.63 bits per heavy atom. The van der Waals surface area contributed by atoms with Crippen LogP contribution in [-0.2, 0) is 46.5 Å². The first kappa shape index (κ1) is 46.7. The van der Waals surface area contributed by atoms with Crippen molar-refractivity contribution in [1.29, 1.82) is 0 Å². The summed E-state index contributed by atoms with van der Waals surface area (Å²) in [7, 11) is 0. The zero-order chi connectivity index (χ0) is 40.3. The Hall–Kier alpha value is -5.37. The Morgan fingerprint density at radius 1 is 0.611 bits per heavy atom. The van der Waals surface area contributed by atoms with Gasteiger partial charge in [0.1, 0.15) is 24.8 Å². The zero-order valence-corrected chi connectivity index (χ0v) is 30.2. The van der Waals surface area contributed by atoms with Crippen molar-refractivity contribution in [1.82, 2.24) is 41.6 Å². The molecule has 1 heterocycles. The second-order valence-corrected chi connectivity index (χ2v) is 12.6. The van der Waals surface area contributed by atoms with Crippen molar-refractivity contribution >= 4 is 47.6 Å². The summed E-state index contributed by atoms with van der Waals surface area (Å²) in [5.74, 6) is -6.00. The first-order chi connectivity index (χ1) is 25.7. The molecule has 304 valence electrons. The van der Waals surface area contributed by atoms with Crippen molar-refractivity contribution in [2.24, 2.45) is 0 Å². The minimum absolute atomic E-state index is 0.00559. The van der Waals surface area contributed by atoms with Gasteiger partial charge in [-0.2, -0.15) is 0 Å². The number of aromatic nitrogens is 3. The highest BCUT2D eigenvalue weighted by Gasteiger charge is 2.25. The molecule has 0 radical (unpaired) electrons. The number of urea groups is 1. The molecular formula is C33H53FN8O12. The number of hydrogen-bond acceptors (Lipinski definition) is 10. The summed E-state index contributed by atoms with van der Waals surface area (Å²) in [6, 6.07) is -4.94. The number of amides is 5. The van der Waals surface area contributed by atoms with Crippen LogP contribution >= 0.6 is 0 Å². The molecule has 21 heteroatoms. The Balaban J connectivity index is 2.15. The lowest BCUT2D eigenvalue weighted by Gasteiger charge is -2.18. The molecule has 54 heavy (non-hydrogen) atoms. The molecule has 1 unspecified atom stereocenters. The van der Waals surface area contributed by atoms with Gasteiger partial charge in [-0.3, -0.25) is 19.2 Å². The molecule has 1 rings (SSSR count). The minimum atomic E-state index is -1.51. The maximum absolute atomic E-state index is 12.4. The van der Waals surface area contributed by atoms with Crippen LogP contribution in [-0.4, -0.2) is 121 Å². The third-order valence-electron chi connectivity index (χ3n) is 8.04. The predicted molar refractivity (Wildman–Crippen MR) is 187 cm³/mol. The van der Waals surface area contributed by atoms with Crippen molar-refractivity contribution in [2.45, 2.75) is 127 Å². The van der Waals surface area contributed by atoms with Gasteiger partial charge in [-0.1, -0.05) is 18.1 Å². The van der Waals surface area contributed by atoms with Gasteiger partial charge < -0.3 is 47.0 Å². The van der Waals surface area contributed by atoms with Gasteiger partial charge in [-0.05, 0) is 57.8 Å². The molecule has 0 fully saturated rings. The highest BCUT2D eigenvalue weighted by Crippen LogP contribution is 2.08. The van der Waals surface area contributed by atoms with Crippen LogP contribution in [0.25, 0.3) is 0 Å². The van der Waals surface area contributed by atoms with E-state index >= 15 is 0 Å². The minimum Gasteiger partial charge on any atom is -0.481 e. The van der Waals surface area contributed by atoms with Crippen LogP contribution < -0.4 is 26.6 Å². The molecular weight excluding hydrogens is 719 g/mol. The Kier molecular flexibility index (Phi) is 23.6. The fourth-order valence-electron chi connectivity index (χ4n) is 5.06. The summed E-state index contributed by atoms with van der Waals surface area (Å²) in [4.78, 5) is 93.5. The van der Waals surface area contributed by atoms with E-state index in [1.807, 2.05) is 0 Å². The summed E-state index contributed by atoms with van der Waals surface area (Å²) in [5, 5.41) is 56.5. The number of carbonyl (C=O) groups excluding carboxylic acids is 4. The Labute approximate surface area is 311 Å². The summed E-state index contributed by atoms with van der Waals surface area (Å²) in [6.45, 7) is 0.150. The van der Waals surface area contributed by atoms with Gasteiger partial charge >= 0.3 is 29.9 Å². The number of halogens is 1. The smallest absolute Gasteiger partial charge is 0.326 e. The van der Waals surface area contributed by atoms with E-state index in [0.29, 0.717) is 70.0 Å². The van der Waals surface area contributed by atoms with E-state index in [0.717, 1.165) is 0 Å². The summed E-state index contributed by atoms with van der Waals surface area (Å²) >= 11 is 0. The fourth-order valence-corrected chi connectivity index (χ4v) is 5.06. The van der Waals surface area contributed by atoms with E-state index in [9.17, 15) is 53.0 Å². The summed E-state index contributed by atoms with van der Waals surface area (Å²) in [6.07, 6.45) is 5.92. The van der Waals surface area contributed by atoms with Gasteiger partial charge in [-0.25, -0.2) is 28.3 Å². The van der Waals surface area contributed by atoms with Crippen LogP contribution in [0, 0.1) is 0 Å². The molecule has 0 aliphatic heterocycles. The lowest BCUT2D eigenvalue weighted by molar-refractivity contribution is -0.142. The lowest BCUT2D eigenvalue weighted by atomic mass is 10.1. The van der Waals surface area contributed by atoms with E-state index in [2.05, 4.69) is 36.9 Å². The van der Waals surface area contributed by atoms with Crippen molar-refractivity contribution in [3.8, 4) is 0 Å². The van der Waals surface area contributed by atoms with Crippen LogP contribution in [0.5, 0.6) is 0 Å². The van der Waals surface area contributed by atoms with Gasteiger partial charge in [-0.15, -0.1) is 5.10 Å². The van der Waals surface area contributed by atoms with E-state index in [4.69, 9.17) is 10.2 Å². The number of carboxylic acid groups (broad SMARTS) is 4. The number of rotatable bonds is 31. The van der Waals surface area contributed by atoms with Gasteiger partial charge in [0.05, 0.1) is 12.2 Å². The number of carbonyl (C=O) groups is 8. The molecule has 0 aliphatic carbocycles. The maximum atomic E-state index is 12.4. The summed E-state index contributed by atoms with van der Waals surface area (Å²) < 4.78 is 13.7. The van der Waals surface area contributed by atoms with Crippen molar-refractivity contribution in [2.75, 3.05) is 19.8 Å². The van der Waals surface area contributed by atoms with Crippen molar-refractivity contribution in [3.63, 3.8) is 0 Å². The topological polar surface area (TPSA) is 308 Å². The average molecular weight is 773 g/mol. The largest absolute Gasteiger partial charge is 0.481 e. The molecule has 3 atom stereocenters. The monoisotopic (exact) mass is 772 g/mol. The Bertz CT molecular complexity index is 1380. The number of unbranched alkanes of at least 4 members (excludes halogenated alkanes) is 5. The third kappa shape index (κ3) is 22.5. The van der Waals surface area contributed by atoms with Crippen LogP contribution in [0.4, 0.5) is 9.18 Å². The maximum Gasteiger partial charge on any atom is 0.326 e. The summed E-state index contributed by atoms with van der Waals surface area (Å²) in [5.41, 5.74) is 0.580. The van der Waals surface area contributed by atoms with E-state index in [-0.39, 0.29) is 63.4 Å². The van der Waals surface area contributed by atoms with Crippen LogP contribution in [0.3, 0.4) is 0 Å². The predicted octanol–water partition coefficient (Wildman–Crippen LogP) is 0.734. The van der Waals surface area contributed by atoms with Gasteiger partial charge in [0.25, 0.3) is 0 Å². The molecule has 0 aromatic carbocycles. The quantitative estimate of drug-likeness (QED) is 0.0470. The normalized spacial score (nSPS) is 12.5. The van der Waals surface area contributed by atoms with Crippen LogP contribution in [0.1, 0.15) is 102 Å². The van der Waals surface area contributed by atoms with E-state index in [1.165, 1.54) is 4.68 Å². The molecule has 0 saturated heterocycles. The highest BCUT2D eigenvalue weighted by molar-refractivity contribution is 5.86. The van der Waals surface area contributed by atoms with E-state index in [1.54, 1.807) is 6.20 Å². The fraction of sp³-hybridized carbons (Fsp3) is 0.697. The highest BCUT2D eigenvalue weighted by atomic mass is 19.1.